The maximum atomic E-state index is 12.6. The van der Waals surface area contributed by atoms with E-state index in [0.717, 1.165) is 24.2 Å². The topological polar surface area (TPSA) is 64.6 Å². The summed E-state index contributed by atoms with van der Waals surface area (Å²) in [7, 11) is 0. The number of rotatable bonds is 5. The van der Waals surface area contributed by atoms with Gasteiger partial charge in [0.2, 0.25) is 0 Å². The van der Waals surface area contributed by atoms with Gasteiger partial charge in [0.15, 0.2) is 5.60 Å². The molecule has 0 saturated heterocycles. The maximum Gasteiger partial charge on any atom is 0.339 e. The molecular weight excluding hydrogens is 342 g/mol. The van der Waals surface area contributed by atoms with Crippen LogP contribution in [0.5, 0.6) is 5.75 Å². The Morgan fingerprint density at radius 1 is 1.15 bits per heavy atom. The van der Waals surface area contributed by atoms with E-state index >= 15 is 0 Å². The number of carbonyl (C=O) groups excluding carboxylic acids is 2. The Kier molecular flexibility index (Phi) is 4.60. The third-order valence-corrected chi connectivity index (χ3v) is 5.29. The number of benzene rings is 2. The fourth-order valence-electron chi connectivity index (χ4n) is 3.82. The minimum Gasteiger partial charge on any atom is -0.492 e. The van der Waals surface area contributed by atoms with E-state index in [1.165, 1.54) is 17.5 Å². The molecule has 2 aliphatic rings. The average molecular weight is 365 g/mol. The monoisotopic (exact) mass is 365 g/mol. The molecule has 2 aromatic rings. The first-order chi connectivity index (χ1) is 13.0. The third-order valence-electron chi connectivity index (χ3n) is 5.29. The zero-order valence-corrected chi connectivity index (χ0v) is 15.4. The summed E-state index contributed by atoms with van der Waals surface area (Å²) in [5.74, 6) is 0.0703. The van der Waals surface area contributed by atoms with E-state index in [4.69, 9.17) is 9.47 Å². The molecular formula is C22H23NO4. The minimum atomic E-state index is -1.20. The second-order valence-electron chi connectivity index (χ2n) is 7.34. The molecule has 0 saturated carbocycles. The first-order valence-electron chi connectivity index (χ1n) is 9.39. The normalized spacial score (nSPS) is 20.4. The molecule has 0 fully saturated rings. The second kappa shape index (κ2) is 7.06. The SMILES string of the molecule is CC1(C(=O)NCCOc2ccc3c(c2)CCC3)Cc2ccccc2C(=O)O1. The first kappa shape index (κ1) is 17.6. The highest BCUT2D eigenvalue weighted by molar-refractivity contribution is 5.97. The molecule has 1 amide bonds. The summed E-state index contributed by atoms with van der Waals surface area (Å²) in [5, 5.41) is 2.83. The molecule has 1 atom stereocenters. The number of hydrogen-bond acceptors (Lipinski definition) is 4. The van der Waals surface area contributed by atoms with E-state index < -0.39 is 11.6 Å². The van der Waals surface area contributed by atoms with Gasteiger partial charge in [0.05, 0.1) is 12.1 Å². The van der Waals surface area contributed by atoms with Crippen molar-refractivity contribution < 1.29 is 19.1 Å². The molecule has 0 radical (unpaired) electrons. The number of ether oxygens (including phenoxy) is 2. The number of cyclic esters (lactones) is 1. The van der Waals surface area contributed by atoms with Crippen molar-refractivity contribution in [2.24, 2.45) is 0 Å². The lowest BCUT2D eigenvalue weighted by Crippen LogP contribution is -2.52. The summed E-state index contributed by atoms with van der Waals surface area (Å²) in [4.78, 5) is 24.8. The quantitative estimate of drug-likeness (QED) is 0.654. The number of aryl methyl sites for hydroxylation is 2. The summed E-state index contributed by atoms with van der Waals surface area (Å²) in [6, 6.07) is 13.4. The molecule has 2 aromatic carbocycles. The van der Waals surface area contributed by atoms with Crippen LogP contribution in [0.15, 0.2) is 42.5 Å². The highest BCUT2D eigenvalue weighted by Gasteiger charge is 2.42. The van der Waals surface area contributed by atoms with E-state index in [1.807, 2.05) is 18.2 Å². The fourth-order valence-corrected chi connectivity index (χ4v) is 3.82. The molecule has 1 heterocycles. The largest absolute Gasteiger partial charge is 0.492 e. The molecule has 0 aromatic heterocycles. The highest BCUT2D eigenvalue weighted by atomic mass is 16.6. The Bertz CT molecular complexity index is 892. The van der Waals surface area contributed by atoms with Gasteiger partial charge in [-0.1, -0.05) is 24.3 Å². The lowest BCUT2D eigenvalue weighted by atomic mass is 9.89. The highest BCUT2D eigenvalue weighted by Crippen LogP contribution is 2.28. The van der Waals surface area contributed by atoms with Crippen molar-refractivity contribution in [2.45, 2.75) is 38.2 Å². The predicted molar refractivity (Wildman–Crippen MR) is 101 cm³/mol. The summed E-state index contributed by atoms with van der Waals surface area (Å²) >= 11 is 0. The molecule has 1 N–H and O–H groups in total. The number of fused-ring (bicyclic) bond motifs is 2. The lowest BCUT2D eigenvalue weighted by molar-refractivity contribution is -0.139. The van der Waals surface area contributed by atoms with Gasteiger partial charge >= 0.3 is 5.97 Å². The van der Waals surface area contributed by atoms with E-state index in [2.05, 4.69) is 17.4 Å². The van der Waals surface area contributed by atoms with Gasteiger partial charge in [0, 0.05) is 6.42 Å². The number of amides is 1. The summed E-state index contributed by atoms with van der Waals surface area (Å²) in [6.07, 6.45) is 3.82. The second-order valence-corrected chi connectivity index (χ2v) is 7.34. The van der Waals surface area contributed by atoms with Crippen molar-refractivity contribution in [1.29, 1.82) is 0 Å². The smallest absolute Gasteiger partial charge is 0.339 e. The molecule has 0 bridgehead atoms. The van der Waals surface area contributed by atoms with Crippen LogP contribution in [0.3, 0.4) is 0 Å². The van der Waals surface area contributed by atoms with Crippen LogP contribution < -0.4 is 10.1 Å². The van der Waals surface area contributed by atoms with Crippen LogP contribution >= 0.6 is 0 Å². The van der Waals surface area contributed by atoms with Gasteiger partial charge in [-0.3, -0.25) is 4.79 Å². The van der Waals surface area contributed by atoms with Gasteiger partial charge in [-0.2, -0.15) is 0 Å². The van der Waals surface area contributed by atoms with Gasteiger partial charge in [0.25, 0.3) is 5.91 Å². The standard InChI is InChI=1S/C22H23NO4/c1-22(14-17-5-2-3-8-19(17)20(24)27-22)21(25)23-11-12-26-18-10-9-15-6-4-7-16(15)13-18/h2-3,5,8-10,13H,4,6-7,11-12,14H2,1H3,(H,23,25). The lowest BCUT2D eigenvalue weighted by Gasteiger charge is -2.33. The van der Waals surface area contributed by atoms with E-state index in [9.17, 15) is 9.59 Å². The summed E-state index contributed by atoms with van der Waals surface area (Å²) in [6.45, 7) is 2.37. The van der Waals surface area contributed by atoms with Crippen molar-refractivity contribution in [1.82, 2.24) is 5.32 Å². The van der Waals surface area contributed by atoms with Crippen molar-refractivity contribution in [3.8, 4) is 5.75 Å². The van der Waals surface area contributed by atoms with Crippen LogP contribution in [0.2, 0.25) is 0 Å². The molecule has 0 spiro atoms. The van der Waals surface area contributed by atoms with Crippen LogP contribution in [-0.4, -0.2) is 30.6 Å². The molecule has 1 aliphatic carbocycles. The minimum absolute atomic E-state index is 0.303. The van der Waals surface area contributed by atoms with Gasteiger partial charge in [-0.25, -0.2) is 4.79 Å². The zero-order chi connectivity index (χ0) is 18.9. The summed E-state index contributed by atoms with van der Waals surface area (Å²) < 4.78 is 11.2. The van der Waals surface area contributed by atoms with Crippen molar-refractivity contribution in [2.75, 3.05) is 13.2 Å². The number of carbonyl (C=O) groups is 2. The fraction of sp³-hybridized carbons (Fsp3) is 0.364. The average Bonchev–Trinajstić information content (AvgIpc) is 3.13. The van der Waals surface area contributed by atoms with Crippen LogP contribution in [0.25, 0.3) is 0 Å². The summed E-state index contributed by atoms with van der Waals surface area (Å²) in [5.41, 5.74) is 2.93. The van der Waals surface area contributed by atoms with Crippen LogP contribution in [0, 0.1) is 0 Å². The molecule has 4 rings (SSSR count). The van der Waals surface area contributed by atoms with Crippen LogP contribution in [0.4, 0.5) is 0 Å². The van der Waals surface area contributed by atoms with E-state index in [0.29, 0.717) is 25.1 Å². The number of nitrogens with one attached hydrogen (secondary N) is 1. The Balaban J connectivity index is 1.31. The third kappa shape index (κ3) is 3.54. The Morgan fingerprint density at radius 2 is 1.96 bits per heavy atom. The van der Waals surface area contributed by atoms with Crippen LogP contribution in [0.1, 0.15) is 40.4 Å². The van der Waals surface area contributed by atoms with Crippen LogP contribution in [-0.2, 0) is 28.8 Å². The molecule has 1 aliphatic heterocycles. The van der Waals surface area contributed by atoms with E-state index in [-0.39, 0.29) is 5.91 Å². The van der Waals surface area contributed by atoms with Gasteiger partial charge in [0.1, 0.15) is 12.4 Å². The Labute approximate surface area is 158 Å². The van der Waals surface area contributed by atoms with Crippen molar-refractivity contribution in [3.63, 3.8) is 0 Å². The first-order valence-corrected chi connectivity index (χ1v) is 9.39. The predicted octanol–water partition coefficient (Wildman–Crippen LogP) is 2.84. The van der Waals surface area contributed by atoms with Crippen molar-refractivity contribution >= 4 is 11.9 Å². The number of hydrogen-bond donors (Lipinski definition) is 1. The molecule has 1 unspecified atom stereocenters. The van der Waals surface area contributed by atoms with E-state index in [1.54, 1.807) is 19.1 Å². The molecule has 5 heteroatoms. The molecule has 5 nitrogen and oxygen atoms in total. The molecule has 27 heavy (non-hydrogen) atoms. The maximum absolute atomic E-state index is 12.6. The van der Waals surface area contributed by atoms with Gasteiger partial charge < -0.3 is 14.8 Å². The Hall–Kier alpha value is -2.82. The Morgan fingerprint density at radius 3 is 2.85 bits per heavy atom. The number of esters is 1. The zero-order valence-electron chi connectivity index (χ0n) is 15.4. The van der Waals surface area contributed by atoms with Gasteiger partial charge in [-0.05, 0) is 61.1 Å². The van der Waals surface area contributed by atoms with Gasteiger partial charge in [-0.15, -0.1) is 0 Å². The molecule has 140 valence electrons. The van der Waals surface area contributed by atoms with Crippen molar-refractivity contribution in [3.05, 3.63) is 64.7 Å².